The third kappa shape index (κ3) is 2.43. The van der Waals surface area contributed by atoms with E-state index in [-0.39, 0.29) is 5.92 Å². The van der Waals surface area contributed by atoms with Crippen LogP contribution in [0.3, 0.4) is 0 Å². The molecule has 0 aliphatic carbocycles. The Labute approximate surface area is 106 Å². The van der Waals surface area contributed by atoms with Gasteiger partial charge in [0.25, 0.3) is 0 Å². The summed E-state index contributed by atoms with van der Waals surface area (Å²) in [5, 5.41) is 8.17. The molecule has 0 saturated carbocycles. The SMILES string of the molecule is CC(C)c1nc(C(N)c2cnn(C(C)C)c2)no1. The Morgan fingerprint density at radius 2 is 2.00 bits per heavy atom. The number of nitrogens with two attached hydrogens (primary N) is 1. The van der Waals surface area contributed by atoms with Crippen LogP contribution in [0.15, 0.2) is 16.9 Å². The van der Waals surface area contributed by atoms with E-state index >= 15 is 0 Å². The van der Waals surface area contributed by atoms with Crippen molar-refractivity contribution in [3.8, 4) is 0 Å². The Bertz CT molecular complexity index is 468. The second kappa shape index (κ2) is 4.89. The van der Waals surface area contributed by atoms with Crippen LogP contribution in [0, 0.1) is 0 Å². The van der Waals surface area contributed by atoms with Crippen molar-refractivity contribution < 1.29 is 4.52 Å². The third-order valence-electron chi connectivity index (χ3n) is 2.74. The van der Waals surface area contributed by atoms with Crippen LogP contribution in [0.25, 0.3) is 0 Å². The summed E-state index contributed by atoms with van der Waals surface area (Å²) < 4.78 is 7.01. The zero-order valence-corrected chi connectivity index (χ0v) is 11.2. The number of hydrogen-bond donors (Lipinski definition) is 1. The molecule has 6 nitrogen and oxygen atoms in total. The van der Waals surface area contributed by atoms with Crippen LogP contribution in [0.5, 0.6) is 0 Å². The highest BCUT2D eigenvalue weighted by Crippen LogP contribution is 2.19. The summed E-state index contributed by atoms with van der Waals surface area (Å²) >= 11 is 0. The van der Waals surface area contributed by atoms with Gasteiger partial charge in [-0.05, 0) is 13.8 Å². The summed E-state index contributed by atoms with van der Waals surface area (Å²) in [7, 11) is 0. The Morgan fingerprint density at radius 1 is 1.28 bits per heavy atom. The fourth-order valence-electron chi connectivity index (χ4n) is 1.55. The zero-order valence-electron chi connectivity index (χ0n) is 11.2. The van der Waals surface area contributed by atoms with Gasteiger partial charge in [0.2, 0.25) is 5.89 Å². The zero-order chi connectivity index (χ0) is 13.3. The van der Waals surface area contributed by atoms with E-state index < -0.39 is 6.04 Å². The van der Waals surface area contributed by atoms with Crippen molar-refractivity contribution in [2.24, 2.45) is 5.73 Å². The molecule has 0 saturated heterocycles. The van der Waals surface area contributed by atoms with Crippen molar-refractivity contribution in [3.63, 3.8) is 0 Å². The fraction of sp³-hybridized carbons (Fsp3) is 0.583. The van der Waals surface area contributed by atoms with Crippen molar-refractivity contribution >= 4 is 0 Å². The van der Waals surface area contributed by atoms with Crippen LogP contribution >= 0.6 is 0 Å². The van der Waals surface area contributed by atoms with Gasteiger partial charge >= 0.3 is 0 Å². The van der Waals surface area contributed by atoms with Gasteiger partial charge in [0.15, 0.2) is 5.82 Å². The maximum absolute atomic E-state index is 6.10. The van der Waals surface area contributed by atoms with Gasteiger partial charge in [-0.2, -0.15) is 10.1 Å². The normalized spacial score (nSPS) is 13.5. The lowest BCUT2D eigenvalue weighted by Gasteiger charge is -2.05. The van der Waals surface area contributed by atoms with Gasteiger partial charge in [0, 0.05) is 23.7 Å². The number of hydrogen-bond acceptors (Lipinski definition) is 5. The molecule has 6 heteroatoms. The van der Waals surface area contributed by atoms with Gasteiger partial charge < -0.3 is 10.3 Å². The van der Waals surface area contributed by atoms with E-state index in [9.17, 15) is 0 Å². The molecule has 2 heterocycles. The van der Waals surface area contributed by atoms with Crippen LogP contribution < -0.4 is 5.73 Å². The van der Waals surface area contributed by atoms with Gasteiger partial charge in [0.05, 0.1) is 12.2 Å². The second-order valence-electron chi connectivity index (χ2n) is 4.97. The fourth-order valence-corrected chi connectivity index (χ4v) is 1.55. The summed E-state index contributed by atoms with van der Waals surface area (Å²) in [6.45, 7) is 8.13. The van der Waals surface area contributed by atoms with E-state index in [0.29, 0.717) is 17.8 Å². The number of rotatable bonds is 4. The van der Waals surface area contributed by atoms with Crippen LogP contribution in [0.4, 0.5) is 0 Å². The first-order chi connectivity index (χ1) is 8.49. The lowest BCUT2D eigenvalue weighted by atomic mass is 10.1. The first kappa shape index (κ1) is 12.8. The van der Waals surface area contributed by atoms with Gasteiger partial charge in [0.1, 0.15) is 0 Å². The average molecular weight is 249 g/mol. The monoisotopic (exact) mass is 249 g/mol. The summed E-state index contributed by atoms with van der Waals surface area (Å²) in [6.07, 6.45) is 3.66. The Morgan fingerprint density at radius 3 is 2.50 bits per heavy atom. The molecule has 0 aromatic carbocycles. The van der Waals surface area contributed by atoms with E-state index in [1.165, 1.54) is 0 Å². The molecule has 0 spiro atoms. The van der Waals surface area contributed by atoms with E-state index in [0.717, 1.165) is 5.56 Å². The maximum Gasteiger partial charge on any atom is 0.229 e. The maximum atomic E-state index is 6.10. The van der Waals surface area contributed by atoms with Crippen LogP contribution in [0.1, 0.15) is 63.0 Å². The molecule has 2 rings (SSSR count). The molecule has 2 aromatic rings. The summed E-state index contributed by atoms with van der Waals surface area (Å²) in [6, 6.07) is -0.0869. The largest absolute Gasteiger partial charge is 0.339 e. The molecule has 0 aliphatic rings. The molecule has 1 atom stereocenters. The molecule has 0 aliphatic heterocycles. The Hall–Kier alpha value is -1.69. The van der Waals surface area contributed by atoms with Gasteiger partial charge in [-0.1, -0.05) is 19.0 Å². The van der Waals surface area contributed by atoms with Gasteiger partial charge in [-0.15, -0.1) is 0 Å². The van der Waals surface area contributed by atoms with Crippen LogP contribution in [-0.4, -0.2) is 19.9 Å². The predicted octanol–water partition coefficient (Wildman–Crippen LogP) is 2.02. The minimum Gasteiger partial charge on any atom is -0.339 e. The minimum absolute atomic E-state index is 0.205. The number of nitrogens with zero attached hydrogens (tertiary/aromatic N) is 4. The lowest BCUT2D eigenvalue weighted by Crippen LogP contribution is -2.13. The topological polar surface area (TPSA) is 82.8 Å². The van der Waals surface area contributed by atoms with Crippen molar-refractivity contribution in [2.45, 2.75) is 45.7 Å². The predicted molar refractivity (Wildman–Crippen MR) is 67.0 cm³/mol. The molecule has 0 radical (unpaired) electrons. The highest BCUT2D eigenvalue weighted by Gasteiger charge is 2.19. The van der Waals surface area contributed by atoms with E-state index in [1.807, 2.05) is 24.7 Å². The standard InChI is InChI=1S/C12H19N5O/c1-7(2)12-15-11(16-18-12)10(13)9-5-14-17(6-9)8(3)4/h5-8,10H,13H2,1-4H3. The quantitative estimate of drug-likeness (QED) is 0.896. The molecular formula is C12H19N5O. The second-order valence-corrected chi connectivity index (χ2v) is 4.97. The molecule has 0 fully saturated rings. The highest BCUT2D eigenvalue weighted by molar-refractivity contribution is 5.18. The third-order valence-corrected chi connectivity index (χ3v) is 2.74. The Kier molecular flexibility index (Phi) is 3.47. The van der Waals surface area contributed by atoms with E-state index in [1.54, 1.807) is 6.20 Å². The smallest absolute Gasteiger partial charge is 0.229 e. The average Bonchev–Trinajstić information content (AvgIpc) is 2.97. The first-order valence-electron chi connectivity index (χ1n) is 6.12. The summed E-state index contributed by atoms with van der Waals surface area (Å²) in [5.41, 5.74) is 6.99. The van der Waals surface area contributed by atoms with Gasteiger partial charge in [-0.3, -0.25) is 4.68 Å². The first-order valence-corrected chi connectivity index (χ1v) is 6.12. The van der Waals surface area contributed by atoms with Gasteiger partial charge in [-0.25, -0.2) is 0 Å². The minimum atomic E-state index is -0.395. The van der Waals surface area contributed by atoms with Crippen molar-refractivity contribution in [1.82, 2.24) is 19.9 Å². The molecular weight excluding hydrogens is 230 g/mol. The summed E-state index contributed by atoms with van der Waals surface area (Å²) in [4.78, 5) is 4.30. The molecule has 18 heavy (non-hydrogen) atoms. The molecule has 98 valence electrons. The highest BCUT2D eigenvalue weighted by atomic mass is 16.5. The summed E-state index contributed by atoms with van der Waals surface area (Å²) in [5.74, 6) is 1.32. The Balaban J connectivity index is 2.21. The van der Waals surface area contributed by atoms with Crippen molar-refractivity contribution in [3.05, 3.63) is 29.7 Å². The van der Waals surface area contributed by atoms with Crippen molar-refractivity contribution in [2.75, 3.05) is 0 Å². The van der Waals surface area contributed by atoms with E-state index in [2.05, 4.69) is 29.1 Å². The van der Waals surface area contributed by atoms with E-state index in [4.69, 9.17) is 10.3 Å². The number of aromatic nitrogens is 4. The molecule has 2 aromatic heterocycles. The lowest BCUT2D eigenvalue weighted by molar-refractivity contribution is 0.359. The van der Waals surface area contributed by atoms with Crippen LogP contribution in [0.2, 0.25) is 0 Å². The molecule has 0 amide bonds. The molecule has 1 unspecified atom stereocenters. The molecule has 2 N–H and O–H groups in total. The van der Waals surface area contributed by atoms with Crippen molar-refractivity contribution in [1.29, 1.82) is 0 Å². The molecule has 0 bridgehead atoms. The van der Waals surface area contributed by atoms with Crippen LogP contribution in [-0.2, 0) is 0 Å².